The first-order valence-corrected chi connectivity index (χ1v) is 9.42. The summed E-state index contributed by atoms with van der Waals surface area (Å²) in [6, 6.07) is 2.59. The fraction of sp³-hybridized carbons (Fsp3) is 0.778. The largest absolute Gasteiger partial charge is 0.353 e. The topological polar surface area (TPSA) is 62.2 Å². The summed E-state index contributed by atoms with van der Waals surface area (Å²) >= 11 is 0. The quantitative estimate of drug-likeness (QED) is 0.825. The van der Waals surface area contributed by atoms with Gasteiger partial charge in [-0.1, -0.05) is 19.3 Å². The molecule has 0 atom stereocenters. The zero-order chi connectivity index (χ0) is 16.8. The molecule has 2 aliphatic rings. The molecule has 0 radical (unpaired) electrons. The molecule has 134 valence electrons. The Morgan fingerprint density at radius 3 is 2.75 bits per heavy atom. The third-order valence-electron chi connectivity index (χ3n) is 5.74. The second kappa shape index (κ2) is 8.12. The summed E-state index contributed by atoms with van der Waals surface area (Å²) in [5.41, 5.74) is -0.530. The lowest BCUT2D eigenvalue weighted by Crippen LogP contribution is -2.55. The monoisotopic (exact) mass is 333 g/mol. The van der Waals surface area contributed by atoms with Gasteiger partial charge in [-0.15, -0.1) is 0 Å². The summed E-state index contributed by atoms with van der Waals surface area (Å²) in [5, 5.41) is 10.9. The van der Waals surface area contributed by atoms with E-state index in [1.54, 1.807) is 6.20 Å². The van der Waals surface area contributed by atoms with E-state index in [9.17, 15) is 4.79 Å². The predicted molar refractivity (Wildman–Crippen MR) is 94.8 cm³/mol. The molecule has 6 heteroatoms. The van der Waals surface area contributed by atoms with Crippen LogP contribution in [0.5, 0.6) is 0 Å². The smallest absolute Gasteiger partial charge is 0.248 e. The molecule has 0 bridgehead atoms. The molecule has 1 saturated heterocycles. The third kappa shape index (κ3) is 3.81. The van der Waals surface area contributed by atoms with E-state index in [1.165, 1.54) is 32.1 Å². The molecular weight excluding hydrogens is 302 g/mol. The van der Waals surface area contributed by atoms with Crippen LogP contribution in [0.3, 0.4) is 0 Å². The van der Waals surface area contributed by atoms with Gasteiger partial charge in [-0.3, -0.25) is 9.48 Å². The zero-order valence-corrected chi connectivity index (χ0v) is 14.8. The summed E-state index contributed by atoms with van der Waals surface area (Å²) in [6.07, 6.45) is 11.9. The third-order valence-corrected chi connectivity index (χ3v) is 5.74. The van der Waals surface area contributed by atoms with Crippen LogP contribution in [0.2, 0.25) is 0 Å². The van der Waals surface area contributed by atoms with Gasteiger partial charge in [0.05, 0.1) is 0 Å². The highest BCUT2D eigenvalue weighted by Crippen LogP contribution is 2.27. The van der Waals surface area contributed by atoms with Gasteiger partial charge in [0, 0.05) is 31.5 Å². The first-order chi connectivity index (χ1) is 11.7. The fourth-order valence-corrected chi connectivity index (χ4v) is 4.14. The molecule has 0 aromatic carbocycles. The highest BCUT2D eigenvalue weighted by atomic mass is 16.2. The van der Waals surface area contributed by atoms with Crippen molar-refractivity contribution < 1.29 is 4.79 Å². The van der Waals surface area contributed by atoms with Crippen molar-refractivity contribution in [3.8, 4) is 0 Å². The summed E-state index contributed by atoms with van der Waals surface area (Å²) in [7, 11) is 2.19. The maximum absolute atomic E-state index is 13.0. The number of hydrogen-bond donors (Lipinski definition) is 2. The number of hydrogen-bond acceptors (Lipinski definition) is 4. The lowest BCUT2D eigenvalue weighted by molar-refractivity contribution is -0.132. The number of nitrogens with zero attached hydrogens (tertiary/aromatic N) is 3. The van der Waals surface area contributed by atoms with Gasteiger partial charge in [-0.25, -0.2) is 0 Å². The Morgan fingerprint density at radius 2 is 2.08 bits per heavy atom. The highest BCUT2D eigenvalue weighted by Gasteiger charge is 2.41. The van der Waals surface area contributed by atoms with Gasteiger partial charge in [0.25, 0.3) is 0 Å². The highest BCUT2D eigenvalue weighted by molar-refractivity contribution is 5.84. The molecule has 1 amide bonds. The van der Waals surface area contributed by atoms with E-state index in [0.29, 0.717) is 12.6 Å². The average molecular weight is 333 g/mol. The number of carbonyl (C=O) groups is 1. The van der Waals surface area contributed by atoms with Crippen molar-refractivity contribution in [3.05, 3.63) is 18.5 Å². The molecule has 2 N–H and O–H groups in total. The number of carbonyl (C=O) groups excluding carboxylic acids is 1. The van der Waals surface area contributed by atoms with Crippen molar-refractivity contribution in [2.75, 3.05) is 33.2 Å². The van der Waals surface area contributed by atoms with Gasteiger partial charge in [-0.05, 0) is 51.9 Å². The lowest BCUT2D eigenvalue weighted by Gasteiger charge is -2.37. The Labute approximate surface area is 145 Å². The number of piperidine rings is 1. The lowest BCUT2D eigenvalue weighted by atomic mass is 9.87. The Morgan fingerprint density at radius 1 is 1.33 bits per heavy atom. The maximum atomic E-state index is 13.0. The molecular formula is C18H31N5O. The molecule has 6 nitrogen and oxygen atoms in total. The Balaban J connectivity index is 1.54. The van der Waals surface area contributed by atoms with Crippen LogP contribution in [0.1, 0.15) is 44.9 Å². The SMILES string of the molecule is CN(CCNC(=O)C1(n2cccn2)CCNCC1)C1CCCCC1. The molecule has 1 aromatic rings. The van der Waals surface area contributed by atoms with Crippen molar-refractivity contribution in [2.24, 2.45) is 0 Å². The minimum absolute atomic E-state index is 0.116. The first kappa shape index (κ1) is 17.4. The number of nitrogens with one attached hydrogen (secondary N) is 2. The van der Waals surface area contributed by atoms with Gasteiger partial charge in [0.15, 0.2) is 0 Å². The summed E-state index contributed by atoms with van der Waals surface area (Å²) < 4.78 is 1.86. The normalized spacial score (nSPS) is 21.8. The minimum atomic E-state index is -0.530. The molecule has 1 aliphatic carbocycles. The van der Waals surface area contributed by atoms with Crippen LogP contribution in [0.4, 0.5) is 0 Å². The van der Waals surface area contributed by atoms with Gasteiger partial charge in [0.2, 0.25) is 5.91 Å². The van der Waals surface area contributed by atoms with Crippen molar-refractivity contribution in [3.63, 3.8) is 0 Å². The van der Waals surface area contributed by atoms with E-state index in [-0.39, 0.29) is 5.91 Å². The van der Waals surface area contributed by atoms with E-state index in [0.717, 1.165) is 32.5 Å². The summed E-state index contributed by atoms with van der Waals surface area (Å²) in [6.45, 7) is 3.34. The minimum Gasteiger partial charge on any atom is -0.353 e. The van der Waals surface area contributed by atoms with Crippen LogP contribution in [0.25, 0.3) is 0 Å². The number of aromatic nitrogens is 2. The van der Waals surface area contributed by atoms with Gasteiger partial charge < -0.3 is 15.5 Å². The number of likely N-dealkylation sites (N-methyl/N-ethyl adjacent to an activating group) is 1. The Bertz CT molecular complexity index is 503. The molecule has 1 aromatic heterocycles. The Hall–Kier alpha value is -1.40. The zero-order valence-electron chi connectivity index (χ0n) is 14.8. The summed E-state index contributed by atoms with van der Waals surface area (Å²) in [4.78, 5) is 15.4. The molecule has 2 fully saturated rings. The molecule has 3 rings (SSSR count). The van der Waals surface area contributed by atoms with Crippen molar-refractivity contribution in [1.82, 2.24) is 25.3 Å². The van der Waals surface area contributed by atoms with Crippen molar-refractivity contribution in [1.29, 1.82) is 0 Å². The number of amides is 1. The standard InChI is InChI=1S/C18H31N5O/c1-22(16-6-3-2-4-7-16)15-13-20-17(24)18(8-11-19-12-9-18)23-14-5-10-21-23/h5,10,14,16,19H,2-4,6-9,11-13,15H2,1H3,(H,20,24). The van der Waals surface area contributed by atoms with E-state index < -0.39 is 5.54 Å². The molecule has 0 unspecified atom stereocenters. The second-order valence-corrected chi connectivity index (χ2v) is 7.26. The second-order valence-electron chi connectivity index (χ2n) is 7.26. The van der Waals surface area contributed by atoms with Gasteiger partial charge in [0.1, 0.15) is 5.54 Å². The molecule has 1 aliphatic heterocycles. The van der Waals surface area contributed by atoms with Crippen LogP contribution >= 0.6 is 0 Å². The Kier molecular flexibility index (Phi) is 5.89. The predicted octanol–water partition coefficient (Wildman–Crippen LogP) is 1.34. The fourth-order valence-electron chi connectivity index (χ4n) is 4.14. The average Bonchev–Trinajstić information content (AvgIpc) is 3.18. The van der Waals surface area contributed by atoms with Crippen LogP contribution in [-0.4, -0.2) is 59.9 Å². The van der Waals surface area contributed by atoms with Crippen LogP contribution in [0.15, 0.2) is 18.5 Å². The van der Waals surface area contributed by atoms with E-state index in [2.05, 4.69) is 27.7 Å². The van der Waals surface area contributed by atoms with Crippen LogP contribution in [0, 0.1) is 0 Å². The maximum Gasteiger partial charge on any atom is 0.248 e. The van der Waals surface area contributed by atoms with Gasteiger partial charge >= 0.3 is 0 Å². The van der Waals surface area contributed by atoms with Crippen molar-refractivity contribution in [2.45, 2.75) is 56.5 Å². The summed E-state index contributed by atoms with van der Waals surface area (Å²) in [5.74, 6) is 0.116. The molecule has 0 spiro atoms. The molecule has 2 heterocycles. The number of rotatable bonds is 6. The van der Waals surface area contributed by atoms with E-state index in [1.807, 2.05) is 16.9 Å². The first-order valence-electron chi connectivity index (χ1n) is 9.42. The van der Waals surface area contributed by atoms with E-state index >= 15 is 0 Å². The van der Waals surface area contributed by atoms with Gasteiger partial charge in [-0.2, -0.15) is 5.10 Å². The molecule has 24 heavy (non-hydrogen) atoms. The van der Waals surface area contributed by atoms with Crippen LogP contribution in [-0.2, 0) is 10.3 Å². The van der Waals surface area contributed by atoms with E-state index in [4.69, 9.17) is 0 Å². The van der Waals surface area contributed by atoms with Crippen LogP contribution < -0.4 is 10.6 Å². The van der Waals surface area contributed by atoms with Crippen molar-refractivity contribution >= 4 is 5.91 Å². The molecule has 1 saturated carbocycles.